The molecule has 2 aliphatic rings. The lowest BCUT2D eigenvalue weighted by Crippen LogP contribution is -2.45. The molecule has 1 N–H and O–H groups in total. The minimum Gasteiger partial charge on any atom is -0.491 e. The highest BCUT2D eigenvalue weighted by Crippen LogP contribution is 2.28. The van der Waals surface area contributed by atoms with Crippen LogP contribution in [-0.2, 0) is 0 Å². The van der Waals surface area contributed by atoms with E-state index in [2.05, 4.69) is 19.2 Å². The highest BCUT2D eigenvalue weighted by Gasteiger charge is 2.26. The highest BCUT2D eigenvalue weighted by atomic mass is 16.5. The molecule has 0 radical (unpaired) electrons. The van der Waals surface area contributed by atoms with Gasteiger partial charge in [0.15, 0.2) is 0 Å². The number of amides is 1. The third kappa shape index (κ3) is 4.73. The minimum absolute atomic E-state index is 0.144. The molecule has 1 aliphatic heterocycles. The normalized spacial score (nSPS) is 20.0. The van der Waals surface area contributed by atoms with Crippen molar-refractivity contribution in [1.82, 2.24) is 10.2 Å². The number of nitrogens with zero attached hydrogens (tertiary/aromatic N) is 1. The van der Waals surface area contributed by atoms with Crippen molar-refractivity contribution in [3.8, 4) is 5.75 Å². The van der Waals surface area contributed by atoms with Gasteiger partial charge in [-0.15, -0.1) is 0 Å². The van der Waals surface area contributed by atoms with Crippen LogP contribution in [0.3, 0.4) is 0 Å². The Bertz CT molecular complexity index is 531. The third-order valence-electron chi connectivity index (χ3n) is 5.19. The maximum absolute atomic E-state index is 12.6. The van der Waals surface area contributed by atoms with Crippen LogP contribution in [0, 0.1) is 5.92 Å². The zero-order chi connectivity index (χ0) is 16.9. The molecular weight excluding hydrogens is 300 g/mol. The van der Waals surface area contributed by atoms with Crippen LogP contribution < -0.4 is 10.1 Å². The van der Waals surface area contributed by atoms with Gasteiger partial charge in [-0.3, -0.25) is 4.79 Å². The molecule has 4 heteroatoms. The molecule has 0 bridgehead atoms. The molecule has 1 heterocycles. The van der Waals surface area contributed by atoms with Crippen molar-refractivity contribution in [3.05, 3.63) is 29.8 Å². The molecule has 1 saturated carbocycles. The molecule has 1 aliphatic carbocycles. The van der Waals surface area contributed by atoms with Gasteiger partial charge >= 0.3 is 0 Å². The number of nitrogens with one attached hydrogen (secondary N) is 1. The number of benzene rings is 1. The fraction of sp³-hybridized carbons (Fsp3) is 0.650. The van der Waals surface area contributed by atoms with E-state index in [1.54, 1.807) is 0 Å². The molecular formula is C20H30N2O2. The van der Waals surface area contributed by atoms with E-state index in [1.807, 2.05) is 29.2 Å². The number of likely N-dealkylation sites (tertiary alicyclic amines) is 1. The Morgan fingerprint density at radius 3 is 2.46 bits per heavy atom. The van der Waals surface area contributed by atoms with E-state index >= 15 is 0 Å². The van der Waals surface area contributed by atoms with Gasteiger partial charge in [-0.05, 0) is 75.8 Å². The molecule has 132 valence electrons. The predicted molar refractivity (Wildman–Crippen MR) is 96.5 cm³/mol. The number of hydrogen-bond donors (Lipinski definition) is 1. The van der Waals surface area contributed by atoms with Crippen molar-refractivity contribution in [2.75, 3.05) is 19.6 Å². The topological polar surface area (TPSA) is 41.6 Å². The maximum Gasteiger partial charge on any atom is 0.253 e. The largest absolute Gasteiger partial charge is 0.491 e. The van der Waals surface area contributed by atoms with Gasteiger partial charge < -0.3 is 15.0 Å². The monoisotopic (exact) mass is 330 g/mol. The first-order valence-electron chi connectivity index (χ1n) is 9.45. The van der Waals surface area contributed by atoms with Gasteiger partial charge in [0.05, 0.1) is 6.10 Å². The molecule has 1 unspecified atom stereocenters. The lowest BCUT2D eigenvalue weighted by Gasteiger charge is -2.32. The van der Waals surface area contributed by atoms with Crippen molar-refractivity contribution in [2.24, 2.45) is 5.92 Å². The number of carbonyl (C=O) groups is 1. The Balaban J connectivity index is 1.47. The molecule has 1 aromatic rings. The third-order valence-corrected chi connectivity index (χ3v) is 5.19. The van der Waals surface area contributed by atoms with Crippen LogP contribution in [0.5, 0.6) is 5.75 Å². The van der Waals surface area contributed by atoms with E-state index in [0.29, 0.717) is 6.04 Å². The minimum atomic E-state index is 0.144. The Morgan fingerprint density at radius 1 is 1.21 bits per heavy atom. The standard InChI is InChI=1S/C20H30N2O2/c1-3-15(2)24-19-8-6-17(7-9-19)20(23)22-12-10-18(11-13-22)21-14-16-4-5-16/h6-9,15-16,18,21H,3-5,10-14H2,1-2H3. The van der Waals surface area contributed by atoms with E-state index in [1.165, 1.54) is 12.8 Å². The summed E-state index contributed by atoms with van der Waals surface area (Å²) in [4.78, 5) is 14.6. The highest BCUT2D eigenvalue weighted by molar-refractivity contribution is 5.94. The zero-order valence-corrected chi connectivity index (χ0v) is 15.0. The Morgan fingerprint density at radius 2 is 1.88 bits per heavy atom. The zero-order valence-electron chi connectivity index (χ0n) is 15.0. The van der Waals surface area contributed by atoms with Gasteiger partial charge in [0.25, 0.3) is 5.91 Å². The van der Waals surface area contributed by atoms with Gasteiger partial charge in [0.1, 0.15) is 5.75 Å². The SMILES string of the molecule is CCC(C)Oc1ccc(C(=O)N2CCC(NCC3CC3)CC2)cc1. The predicted octanol–water partition coefficient (Wildman–Crippen LogP) is 3.47. The van der Waals surface area contributed by atoms with Crippen LogP contribution >= 0.6 is 0 Å². The van der Waals surface area contributed by atoms with Crippen LogP contribution in [0.2, 0.25) is 0 Å². The fourth-order valence-electron chi connectivity index (χ4n) is 3.12. The Kier molecular flexibility index (Phi) is 5.77. The number of ether oxygens (including phenoxy) is 1. The van der Waals surface area contributed by atoms with Crippen molar-refractivity contribution >= 4 is 5.91 Å². The summed E-state index contributed by atoms with van der Waals surface area (Å²) in [7, 11) is 0. The molecule has 24 heavy (non-hydrogen) atoms. The van der Waals surface area contributed by atoms with Crippen LogP contribution in [0.4, 0.5) is 0 Å². The summed E-state index contributed by atoms with van der Waals surface area (Å²) in [6, 6.07) is 8.17. The lowest BCUT2D eigenvalue weighted by molar-refractivity contribution is 0.0705. The second-order valence-corrected chi connectivity index (χ2v) is 7.28. The van der Waals surface area contributed by atoms with E-state index in [-0.39, 0.29) is 12.0 Å². The average Bonchev–Trinajstić information content (AvgIpc) is 3.45. The van der Waals surface area contributed by atoms with Crippen molar-refractivity contribution in [1.29, 1.82) is 0 Å². The van der Waals surface area contributed by atoms with Crippen LogP contribution in [-0.4, -0.2) is 42.6 Å². The molecule has 0 aromatic heterocycles. The molecule has 4 nitrogen and oxygen atoms in total. The summed E-state index contributed by atoms with van der Waals surface area (Å²) >= 11 is 0. The van der Waals surface area contributed by atoms with E-state index < -0.39 is 0 Å². The Labute approximate surface area is 145 Å². The van der Waals surface area contributed by atoms with Crippen molar-refractivity contribution in [3.63, 3.8) is 0 Å². The van der Waals surface area contributed by atoms with Crippen LogP contribution in [0.25, 0.3) is 0 Å². The van der Waals surface area contributed by atoms with Gasteiger partial charge in [-0.25, -0.2) is 0 Å². The molecule has 1 aromatic carbocycles. The Hall–Kier alpha value is -1.55. The summed E-state index contributed by atoms with van der Waals surface area (Å²) in [5, 5.41) is 3.66. The van der Waals surface area contributed by atoms with Gasteiger partial charge in [-0.2, -0.15) is 0 Å². The van der Waals surface area contributed by atoms with Crippen LogP contribution in [0.1, 0.15) is 56.3 Å². The second-order valence-electron chi connectivity index (χ2n) is 7.28. The summed E-state index contributed by atoms with van der Waals surface area (Å²) in [5.41, 5.74) is 0.760. The molecule has 0 spiro atoms. The first kappa shape index (κ1) is 17.3. The molecule has 1 amide bonds. The number of carbonyl (C=O) groups excluding carboxylic acids is 1. The van der Waals surface area contributed by atoms with Crippen LogP contribution in [0.15, 0.2) is 24.3 Å². The number of rotatable bonds is 7. The smallest absolute Gasteiger partial charge is 0.253 e. The first-order chi connectivity index (χ1) is 11.7. The second kappa shape index (κ2) is 8.02. The fourth-order valence-corrected chi connectivity index (χ4v) is 3.12. The van der Waals surface area contributed by atoms with E-state index in [4.69, 9.17) is 4.74 Å². The summed E-state index contributed by atoms with van der Waals surface area (Å²) in [6.07, 6.45) is 6.09. The number of hydrogen-bond acceptors (Lipinski definition) is 3. The summed E-state index contributed by atoms with van der Waals surface area (Å²) < 4.78 is 5.78. The molecule has 3 rings (SSSR count). The first-order valence-corrected chi connectivity index (χ1v) is 9.45. The lowest BCUT2D eigenvalue weighted by atomic mass is 10.0. The summed E-state index contributed by atoms with van der Waals surface area (Å²) in [6.45, 7) is 7.03. The van der Waals surface area contributed by atoms with Crippen molar-refractivity contribution in [2.45, 2.75) is 58.1 Å². The number of piperidine rings is 1. The van der Waals surface area contributed by atoms with E-state index in [9.17, 15) is 4.79 Å². The molecule has 1 saturated heterocycles. The average molecular weight is 330 g/mol. The van der Waals surface area contributed by atoms with Gasteiger partial charge in [0, 0.05) is 24.7 Å². The van der Waals surface area contributed by atoms with Gasteiger partial charge in [0.2, 0.25) is 0 Å². The van der Waals surface area contributed by atoms with E-state index in [0.717, 1.165) is 56.1 Å². The maximum atomic E-state index is 12.6. The van der Waals surface area contributed by atoms with Crippen molar-refractivity contribution < 1.29 is 9.53 Å². The molecule has 1 atom stereocenters. The van der Waals surface area contributed by atoms with Gasteiger partial charge in [-0.1, -0.05) is 6.92 Å². The molecule has 2 fully saturated rings. The quantitative estimate of drug-likeness (QED) is 0.832. The summed E-state index contributed by atoms with van der Waals surface area (Å²) in [5.74, 6) is 1.90.